The van der Waals surface area contributed by atoms with Crippen LogP contribution < -0.4 is 0 Å². The average molecular weight is 184 g/mol. The van der Waals surface area contributed by atoms with Gasteiger partial charge in [0.2, 0.25) is 0 Å². The van der Waals surface area contributed by atoms with Gasteiger partial charge in [0, 0.05) is 0 Å². The molecule has 0 aliphatic rings. The number of rotatable bonds is 10. The van der Waals surface area contributed by atoms with Crippen LogP contribution in [0.3, 0.4) is 0 Å². The second-order valence-corrected chi connectivity index (χ2v) is 3.74. The Balaban J connectivity index is 2.76. The highest BCUT2D eigenvalue weighted by atomic mass is 16.2. The van der Waals surface area contributed by atoms with E-state index in [-0.39, 0.29) is 6.61 Å². The van der Waals surface area contributed by atoms with E-state index in [0.29, 0.717) is 0 Å². The Morgan fingerprint density at radius 3 is 1.38 bits per heavy atom. The number of hydrogen-bond acceptors (Lipinski definition) is 0. The van der Waals surface area contributed by atoms with Crippen molar-refractivity contribution in [2.75, 3.05) is 6.61 Å². The SMILES string of the molecule is [CH2]CCCCCCCCCCC[O]. The number of hydrogen-bond donors (Lipinski definition) is 0. The van der Waals surface area contributed by atoms with E-state index in [2.05, 4.69) is 6.92 Å². The predicted molar refractivity (Wildman–Crippen MR) is 57.1 cm³/mol. The Morgan fingerprint density at radius 2 is 1.00 bits per heavy atom. The Bertz CT molecular complexity index is 71.2. The molecule has 0 heterocycles. The van der Waals surface area contributed by atoms with Crippen molar-refractivity contribution in [3.63, 3.8) is 0 Å². The minimum Gasteiger partial charge on any atom is -0.237 e. The molecule has 13 heavy (non-hydrogen) atoms. The molecule has 0 saturated carbocycles. The molecule has 0 aromatic rings. The third-order valence-corrected chi connectivity index (χ3v) is 2.39. The molecule has 78 valence electrons. The molecule has 0 saturated heterocycles. The molecule has 0 aromatic carbocycles. The van der Waals surface area contributed by atoms with Crippen LogP contribution in [0, 0.1) is 6.92 Å². The van der Waals surface area contributed by atoms with Gasteiger partial charge >= 0.3 is 0 Å². The molecular weight excluding hydrogens is 160 g/mol. The van der Waals surface area contributed by atoms with E-state index in [0.717, 1.165) is 19.3 Å². The monoisotopic (exact) mass is 184 g/mol. The van der Waals surface area contributed by atoms with Gasteiger partial charge in [-0.25, -0.2) is 5.11 Å². The number of unbranched alkanes of at least 4 members (excludes halogenated alkanes) is 9. The predicted octanol–water partition coefficient (Wildman–Crippen LogP) is 4.15. The smallest absolute Gasteiger partial charge is 0.0822 e. The van der Waals surface area contributed by atoms with Crippen LogP contribution in [0.4, 0.5) is 0 Å². The molecule has 0 N–H and O–H groups in total. The summed E-state index contributed by atoms with van der Waals surface area (Å²) in [7, 11) is 0. The first-order valence-electron chi connectivity index (χ1n) is 5.79. The van der Waals surface area contributed by atoms with Crippen molar-refractivity contribution in [2.45, 2.75) is 64.2 Å². The zero-order valence-electron chi connectivity index (χ0n) is 8.89. The van der Waals surface area contributed by atoms with Crippen LogP contribution in [-0.4, -0.2) is 6.61 Å². The highest BCUT2D eigenvalue weighted by molar-refractivity contribution is 4.48. The zero-order valence-corrected chi connectivity index (χ0v) is 8.89. The van der Waals surface area contributed by atoms with Crippen molar-refractivity contribution in [2.24, 2.45) is 0 Å². The average Bonchev–Trinajstić information content (AvgIpc) is 2.16. The normalized spacial score (nSPS) is 10.6. The van der Waals surface area contributed by atoms with Crippen LogP contribution in [0.1, 0.15) is 64.2 Å². The summed E-state index contributed by atoms with van der Waals surface area (Å²) in [5.41, 5.74) is 0. The van der Waals surface area contributed by atoms with Crippen molar-refractivity contribution in [1.82, 2.24) is 0 Å². The Hall–Kier alpha value is -0.0400. The van der Waals surface area contributed by atoms with E-state index in [9.17, 15) is 5.11 Å². The van der Waals surface area contributed by atoms with Gasteiger partial charge in [0.1, 0.15) is 0 Å². The molecule has 0 aliphatic carbocycles. The first-order chi connectivity index (χ1) is 6.41. The van der Waals surface area contributed by atoms with Gasteiger partial charge in [-0.3, -0.25) is 0 Å². The fourth-order valence-corrected chi connectivity index (χ4v) is 1.52. The van der Waals surface area contributed by atoms with Crippen molar-refractivity contribution < 1.29 is 5.11 Å². The first kappa shape index (κ1) is 13.0. The fraction of sp³-hybridized carbons (Fsp3) is 0.917. The topological polar surface area (TPSA) is 19.9 Å². The molecule has 0 aromatic heterocycles. The minimum atomic E-state index is 0.115. The second kappa shape index (κ2) is 12.0. The molecule has 0 spiro atoms. The lowest BCUT2D eigenvalue weighted by atomic mass is 10.1. The maximum atomic E-state index is 10.1. The molecule has 0 atom stereocenters. The zero-order chi connectivity index (χ0) is 9.78. The van der Waals surface area contributed by atoms with Gasteiger partial charge in [-0.1, -0.05) is 64.7 Å². The van der Waals surface area contributed by atoms with Crippen LogP contribution in [0.5, 0.6) is 0 Å². The molecule has 0 rings (SSSR count). The lowest BCUT2D eigenvalue weighted by Crippen LogP contribution is -1.83. The lowest BCUT2D eigenvalue weighted by Gasteiger charge is -2.00. The molecule has 1 heteroatoms. The largest absolute Gasteiger partial charge is 0.237 e. The highest BCUT2D eigenvalue weighted by Crippen LogP contribution is 2.09. The molecule has 0 amide bonds. The summed E-state index contributed by atoms with van der Waals surface area (Å²) >= 11 is 0. The van der Waals surface area contributed by atoms with Crippen molar-refractivity contribution >= 4 is 0 Å². The quantitative estimate of drug-likeness (QED) is 0.454. The van der Waals surface area contributed by atoms with E-state index in [1.807, 2.05) is 0 Å². The molecule has 0 fully saturated rings. The standard InChI is InChI=1S/C12H24O/c1-2-3-4-5-6-7-8-9-10-11-12-13/h1-12H2. The maximum Gasteiger partial charge on any atom is 0.0822 e. The molecule has 0 bridgehead atoms. The molecule has 1 nitrogen and oxygen atoms in total. The highest BCUT2D eigenvalue weighted by Gasteiger charge is 1.91. The minimum absolute atomic E-state index is 0.115. The van der Waals surface area contributed by atoms with Crippen molar-refractivity contribution in [3.8, 4) is 0 Å². The van der Waals surface area contributed by atoms with Gasteiger partial charge in [0.15, 0.2) is 0 Å². The summed E-state index contributed by atoms with van der Waals surface area (Å²) in [6.07, 6.45) is 12.4. The van der Waals surface area contributed by atoms with Gasteiger partial charge in [-0.2, -0.15) is 0 Å². The van der Waals surface area contributed by atoms with Gasteiger partial charge < -0.3 is 0 Å². The van der Waals surface area contributed by atoms with Crippen LogP contribution in [-0.2, 0) is 5.11 Å². The van der Waals surface area contributed by atoms with E-state index in [1.165, 1.54) is 44.9 Å². The van der Waals surface area contributed by atoms with E-state index in [1.54, 1.807) is 0 Å². The Labute approximate surface area is 83.5 Å². The summed E-state index contributed by atoms with van der Waals surface area (Å²) in [4.78, 5) is 0. The van der Waals surface area contributed by atoms with E-state index >= 15 is 0 Å². The van der Waals surface area contributed by atoms with Gasteiger partial charge in [-0.15, -0.1) is 0 Å². The Kier molecular flexibility index (Phi) is 11.9. The maximum absolute atomic E-state index is 10.1. The third kappa shape index (κ3) is 12.0. The van der Waals surface area contributed by atoms with Crippen LogP contribution in [0.15, 0.2) is 0 Å². The summed E-state index contributed by atoms with van der Waals surface area (Å²) < 4.78 is 0. The van der Waals surface area contributed by atoms with Gasteiger partial charge in [-0.05, 0) is 6.42 Å². The van der Waals surface area contributed by atoms with E-state index < -0.39 is 0 Å². The summed E-state index contributed by atoms with van der Waals surface area (Å²) in [6, 6.07) is 0. The lowest BCUT2D eigenvalue weighted by molar-refractivity contribution is 0.186. The van der Waals surface area contributed by atoms with Gasteiger partial charge in [0.05, 0.1) is 6.61 Å². The van der Waals surface area contributed by atoms with Crippen molar-refractivity contribution in [3.05, 3.63) is 6.92 Å². The first-order valence-corrected chi connectivity index (χ1v) is 5.79. The van der Waals surface area contributed by atoms with Crippen molar-refractivity contribution in [1.29, 1.82) is 0 Å². The summed E-state index contributed by atoms with van der Waals surface area (Å²) in [5.74, 6) is 0. The second-order valence-electron chi connectivity index (χ2n) is 3.74. The van der Waals surface area contributed by atoms with Crippen LogP contribution >= 0.6 is 0 Å². The summed E-state index contributed by atoms with van der Waals surface area (Å²) in [6.45, 7) is 3.94. The van der Waals surface area contributed by atoms with Crippen LogP contribution in [0.2, 0.25) is 0 Å². The molecule has 0 aliphatic heterocycles. The Morgan fingerprint density at radius 1 is 0.615 bits per heavy atom. The van der Waals surface area contributed by atoms with Gasteiger partial charge in [0.25, 0.3) is 0 Å². The fourth-order valence-electron chi connectivity index (χ4n) is 1.52. The summed E-state index contributed by atoms with van der Waals surface area (Å²) in [5, 5.41) is 10.1. The third-order valence-electron chi connectivity index (χ3n) is 2.39. The molecule has 0 unspecified atom stereocenters. The van der Waals surface area contributed by atoms with Crippen LogP contribution in [0.25, 0.3) is 0 Å². The van der Waals surface area contributed by atoms with E-state index in [4.69, 9.17) is 0 Å². The molecular formula is C12H24O. The molecule has 2 radical (unpaired) electrons.